The number of aromatic nitrogens is 2. The number of rotatable bonds is 6. The Morgan fingerprint density at radius 2 is 1.93 bits per heavy atom. The Hall–Kier alpha value is -2.03. The zero-order valence-corrected chi connectivity index (χ0v) is 17.7. The Labute approximate surface area is 171 Å². The largest absolute Gasteiger partial charge is 0.384 e. The van der Waals surface area contributed by atoms with Gasteiger partial charge >= 0.3 is 0 Å². The quantitative estimate of drug-likeness (QED) is 0.774. The third-order valence-corrected chi connectivity index (χ3v) is 8.13. The summed E-state index contributed by atoms with van der Waals surface area (Å²) in [7, 11) is -2.04. The first-order chi connectivity index (χ1) is 14.0. The molecule has 0 radical (unpaired) electrons. The van der Waals surface area contributed by atoms with Gasteiger partial charge in [0, 0.05) is 37.6 Å². The van der Waals surface area contributed by atoms with E-state index < -0.39 is 10.0 Å². The van der Waals surface area contributed by atoms with Gasteiger partial charge < -0.3 is 9.72 Å². The summed E-state index contributed by atoms with van der Waals surface area (Å²) < 4.78 is 34.0. The molecule has 2 bridgehead atoms. The minimum atomic E-state index is -3.65. The van der Waals surface area contributed by atoms with Crippen molar-refractivity contribution in [3.8, 4) is 0 Å². The molecule has 1 fully saturated rings. The van der Waals surface area contributed by atoms with Crippen molar-refractivity contribution < 1.29 is 13.2 Å². The fourth-order valence-corrected chi connectivity index (χ4v) is 6.79. The van der Waals surface area contributed by atoms with Crippen LogP contribution in [0.2, 0.25) is 0 Å². The first-order valence-electron chi connectivity index (χ1n) is 10.2. The predicted octanol–water partition coefficient (Wildman–Crippen LogP) is 1.84. The Kier molecular flexibility index (Phi) is 5.59. The number of nitrogens with one attached hydrogen (secondary N) is 1. The Balaban J connectivity index is 1.72. The number of hydrogen-bond donors (Lipinski definition) is 1. The molecule has 4 rings (SSSR count). The van der Waals surface area contributed by atoms with Gasteiger partial charge in [-0.25, -0.2) is 13.4 Å². The molecular formula is C21H27N3O4S. The lowest BCUT2D eigenvalue weighted by Gasteiger charge is -2.28. The summed E-state index contributed by atoms with van der Waals surface area (Å²) in [5.74, 6) is 0.596. The Morgan fingerprint density at radius 1 is 1.21 bits per heavy atom. The standard InChI is InChI=1S/C21H27N3O4S/c1-3-14-6-4-5-7-19(14)29(26,27)24-15-8-9-16(24)13-18-17(12-15)21(25)23-20(22-18)10-11-28-2/h4-7,15-16H,3,8-13H2,1-2H3,(H,22,23,25)/t15-,16+/m1/s1. The average Bonchev–Trinajstić information content (AvgIpc) is 3.02. The van der Waals surface area contributed by atoms with Crippen LogP contribution >= 0.6 is 0 Å². The van der Waals surface area contributed by atoms with Crippen LogP contribution < -0.4 is 5.56 Å². The van der Waals surface area contributed by atoms with Crippen LogP contribution in [0.15, 0.2) is 34.0 Å². The minimum Gasteiger partial charge on any atom is -0.384 e. The maximum atomic E-state index is 13.6. The summed E-state index contributed by atoms with van der Waals surface area (Å²) in [6, 6.07) is 6.84. The molecule has 0 spiro atoms. The van der Waals surface area contributed by atoms with Crippen molar-refractivity contribution >= 4 is 10.0 Å². The highest BCUT2D eigenvalue weighted by molar-refractivity contribution is 7.89. The van der Waals surface area contributed by atoms with E-state index in [4.69, 9.17) is 4.74 Å². The number of methoxy groups -OCH3 is 1. The first kappa shape index (κ1) is 20.3. The number of aryl methyl sites for hydroxylation is 1. The van der Waals surface area contributed by atoms with Gasteiger partial charge in [-0.15, -0.1) is 0 Å². The first-order valence-corrected chi connectivity index (χ1v) is 11.6. The number of sulfonamides is 1. The summed E-state index contributed by atoms with van der Waals surface area (Å²) in [5, 5.41) is 0. The lowest BCUT2D eigenvalue weighted by atomic mass is 9.98. The predicted molar refractivity (Wildman–Crippen MR) is 110 cm³/mol. The van der Waals surface area contributed by atoms with E-state index in [9.17, 15) is 13.2 Å². The summed E-state index contributed by atoms with van der Waals surface area (Å²) >= 11 is 0. The smallest absolute Gasteiger partial charge is 0.254 e. The van der Waals surface area contributed by atoms with E-state index >= 15 is 0 Å². The summed E-state index contributed by atoms with van der Waals surface area (Å²) in [6.45, 7) is 2.44. The number of ether oxygens (including phenoxy) is 1. The summed E-state index contributed by atoms with van der Waals surface area (Å²) in [5.41, 5.74) is 2.03. The molecule has 0 unspecified atom stereocenters. The molecule has 156 valence electrons. The number of nitrogens with zero attached hydrogens (tertiary/aromatic N) is 2. The van der Waals surface area contributed by atoms with Gasteiger partial charge in [-0.3, -0.25) is 4.79 Å². The summed E-state index contributed by atoms with van der Waals surface area (Å²) in [4.78, 5) is 20.6. The van der Waals surface area contributed by atoms with Crippen molar-refractivity contribution in [2.75, 3.05) is 13.7 Å². The third kappa shape index (κ3) is 3.65. The van der Waals surface area contributed by atoms with Crippen molar-refractivity contribution in [3.63, 3.8) is 0 Å². The number of hydrogen-bond acceptors (Lipinski definition) is 5. The second kappa shape index (κ2) is 8.01. The van der Waals surface area contributed by atoms with Gasteiger partial charge in [0.15, 0.2) is 0 Å². The Morgan fingerprint density at radius 3 is 2.66 bits per heavy atom. The van der Waals surface area contributed by atoms with Gasteiger partial charge in [-0.1, -0.05) is 25.1 Å². The van der Waals surface area contributed by atoms with E-state index in [-0.39, 0.29) is 17.6 Å². The van der Waals surface area contributed by atoms with Gasteiger partial charge in [0.1, 0.15) is 5.82 Å². The van der Waals surface area contributed by atoms with Crippen LogP contribution in [0, 0.1) is 0 Å². The maximum Gasteiger partial charge on any atom is 0.254 e. The molecule has 2 aromatic rings. The molecule has 0 aliphatic carbocycles. The van der Waals surface area contributed by atoms with Crippen molar-refractivity contribution in [1.29, 1.82) is 0 Å². The highest BCUT2D eigenvalue weighted by Gasteiger charge is 2.45. The molecule has 29 heavy (non-hydrogen) atoms. The zero-order chi connectivity index (χ0) is 20.6. The molecule has 3 heterocycles. The number of benzene rings is 1. The van der Waals surface area contributed by atoms with Crippen LogP contribution in [0.3, 0.4) is 0 Å². The zero-order valence-electron chi connectivity index (χ0n) is 16.8. The molecule has 7 nitrogen and oxygen atoms in total. The summed E-state index contributed by atoms with van der Waals surface area (Å²) in [6.07, 6.45) is 3.62. The molecule has 2 aliphatic rings. The SMILES string of the molecule is CCc1ccccc1S(=O)(=O)N1[C@@H]2CC[C@H]1Cc1nc(CCOC)[nH]c(=O)c1C2. The molecule has 0 saturated carbocycles. The van der Waals surface area contributed by atoms with Gasteiger partial charge in [0.05, 0.1) is 17.2 Å². The monoisotopic (exact) mass is 417 g/mol. The second-order valence-corrected chi connectivity index (χ2v) is 9.58. The molecule has 0 amide bonds. The van der Waals surface area contributed by atoms with Crippen LogP contribution in [0.4, 0.5) is 0 Å². The van der Waals surface area contributed by atoms with Crippen LogP contribution in [-0.4, -0.2) is 48.5 Å². The molecule has 1 aromatic heterocycles. The molecular weight excluding hydrogens is 390 g/mol. The topological polar surface area (TPSA) is 92.4 Å². The molecule has 2 aliphatic heterocycles. The van der Waals surface area contributed by atoms with E-state index in [2.05, 4.69) is 9.97 Å². The van der Waals surface area contributed by atoms with E-state index in [0.717, 1.165) is 24.1 Å². The van der Waals surface area contributed by atoms with E-state index in [1.54, 1.807) is 23.5 Å². The molecule has 1 aromatic carbocycles. The van der Waals surface area contributed by atoms with Crippen LogP contribution in [-0.2, 0) is 40.4 Å². The fraction of sp³-hybridized carbons (Fsp3) is 0.524. The van der Waals surface area contributed by atoms with Crippen molar-refractivity contribution in [2.45, 2.75) is 62.4 Å². The van der Waals surface area contributed by atoms with E-state index in [1.807, 2.05) is 19.1 Å². The maximum absolute atomic E-state index is 13.6. The van der Waals surface area contributed by atoms with E-state index in [1.165, 1.54) is 0 Å². The highest BCUT2D eigenvalue weighted by atomic mass is 32.2. The van der Waals surface area contributed by atoms with Crippen LogP contribution in [0.5, 0.6) is 0 Å². The fourth-order valence-electron chi connectivity index (χ4n) is 4.63. The Bertz CT molecular complexity index is 1060. The van der Waals surface area contributed by atoms with Gasteiger partial charge in [0.25, 0.3) is 5.56 Å². The van der Waals surface area contributed by atoms with Gasteiger partial charge in [-0.05, 0) is 37.3 Å². The molecule has 1 saturated heterocycles. The van der Waals surface area contributed by atoms with E-state index in [0.29, 0.717) is 48.6 Å². The number of fused-ring (bicyclic) bond motifs is 3. The van der Waals surface area contributed by atoms with Gasteiger partial charge in [-0.2, -0.15) is 4.31 Å². The minimum absolute atomic E-state index is 0.153. The van der Waals surface area contributed by atoms with Crippen molar-refractivity contribution in [1.82, 2.24) is 14.3 Å². The second-order valence-electron chi connectivity index (χ2n) is 7.77. The van der Waals surface area contributed by atoms with Crippen LogP contribution in [0.25, 0.3) is 0 Å². The van der Waals surface area contributed by atoms with Crippen LogP contribution in [0.1, 0.15) is 42.4 Å². The average molecular weight is 418 g/mol. The molecule has 8 heteroatoms. The lowest BCUT2D eigenvalue weighted by molar-refractivity contribution is 0.200. The third-order valence-electron chi connectivity index (χ3n) is 6.02. The van der Waals surface area contributed by atoms with Crippen molar-refractivity contribution in [3.05, 3.63) is 57.3 Å². The highest BCUT2D eigenvalue weighted by Crippen LogP contribution is 2.37. The molecule has 1 N–H and O–H groups in total. The van der Waals surface area contributed by atoms with Gasteiger partial charge in [0.2, 0.25) is 10.0 Å². The molecule has 2 atom stereocenters. The number of aromatic amines is 1. The van der Waals surface area contributed by atoms with Crippen molar-refractivity contribution in [2.24, 2.45) is 0 Å². The lowest BCUT2D eigenvalue weighted by Crippen LogP contribution is -2.42. The number of H-pyrrole nitrogens is 1. The normalized spacial score (nSPS) is 21.7.